The van der Waals surface area contributed by atoms with Gasteiger partial charge in [-0.05, 0) is 33.6 Å². The van der Waals surface area contributed by atoms with E-state index in [1.54, 1.807) is 0 Å². The molecular formula is C13H25N3O2. The van der Waals surface area contributed by atoms with Gasteiger partial charge in [-0.15, -0.1) is 0 Å². The molecule has 5 heteroatoms. The molecule has 1 N–H and O–H groups in total. The van der Waals surface area contributed by atoms with Crippen molar-refractivity contribution in [1.29, 1.82) is 0 Å². The molecule has 0 saturated carbocycles. The molecular weight excluding hydrogens is 230 g/mol. The van der Waals surface area contributed by atoms with Gasteiger partial charge in [-0.2, -0.15) is 0 Å². The lowest BCUT2D eigenvalue weighted by Gasteiger charge is -2.34. The lowest BCUT2D eigenvalue weighted by atomic mass is 9.96. The summed E-state index contributed by atoms with van der Waals surface area (Å²) in [5.74, 6) is 0.207. The van der Waals surface area contributed by atoms with E-state index in [9.17, 15) is 9.59 Å². The van der Waals surface area contributed by atoms with E-state index in [0.29, 0.717) is 19.6 Å². The van der Waals surface area contributed by atoms with Crippen LogP contribution in [0.5, 0.6) is 0 Å². The van der Waals surface area contributed by atoms with Gasteiger partial charge in [0.2, 0.25) is 5.91 Å². The van der Waals surface area contributed by atoms with Crippen LogP contribution in [0.25, 0.3) is 0 Å². The van der Waals surface area contributed by atoms with E-state index >= 15 is 0 Å². The van der Waals surface area contributed by atoms with Gasteiger partial charge in [0.1, 0.15) is 0 Å². The first kappa shape index (κ1) is 14.8. The zero-order chi connectivity index (χ0) is 13.5. The number of likely N-dealkylation sites (tertiary alicyclic amines) is 1. The number of carbonyl (C=O) groups is 2. The molecule has 1 saturated heterocycles. The van der Waals surface area contributed by atoms with Gasteiger partial charge in [0, 0.05) is 38.6 Å². The Morgan fingerprint density at radius 3 is 2.17 bits per heavy atom. The van der Waals surface area contributed by atoms with Crippen molar-refractivity contribution in [1.82, 2.24) is 15.1 Å². The van der Waals surface area contributed by atoms with Gasteiger partial charge in [0.15, 0.2) is 0 Å². The van der Waals surface area contributed by atoms with Crippen molar-refractivity contribution in [3.05, 3.63) is 0 Å². The highest BCUT2D eigenvalue weighted by Crippen LogP contribution is 2.18. The number of rotatable bonds is 4. The summed E-state index contributed by atoms with van der Waals surface area (Å²) in [6, 6.07) is 0.106. The molecule has 1 aliphatic rings. The molecule has 0 spiro atoms. The Hall–Kier alpha value is -1.26. The highest BCUT2D eigenvalue weighted by atomic mass is 16.2. The molecule has 0 aromatic heterocycles. The second-order valence-electron chi connectivity index (χ2n) is 4.61. The molecule has 1 rings (SSSR count). The zero-order valence-corrected chi connectivity index (χ0v) is 11.7. The summed E-state index contributed by atoms with van der Waals surface area (Å²) in [5, 5.41) is 2.85. The fourth-order valence-corrected chi connectivity index (χ4v) is 2.35. The molecule has 1 heterocycles. The van der Waals surface area contributed by atoms with Gasteiger partial charge in [0.25, 0.3) is 0 Å². The van der Waals surface area contributed by atoms with Crippen molar-refractivity contribution in [3.8, 4) is 0 Å². The third-order valence-electron chi connectivity index (χ3n) is 3.52. The third kappa shape index (κ3) is 3.62. The normalized spacial score (nSPS) is 16.5. The van der Waals surface area contributed by atoms with Crippen LogP contribution < -0.4 is 5.32 Å². The maximum atomic E-state index is 12.1. The predicted molar refractivity (Wildman–Crippen MR) is 71.3 cm³/mol. The van der Waals surface area contributed by atoms with Crippen molar-refractivity contribution < 1.29 is 9.59 Å². The SMILES string of the molecule is CCNC(=O)C1CCN(C(=O)N(CC)CC)CC1. The van der Waals surface area contributed by atoms with E-state index < -0.39 is 0 Å². The zero-order valence-electron chi connectivity index (χ0n) is 11.7. The molecule has 1 fully saturated rings. The molecule has 104 valence electrons. The number of carbonyl (C=O) groups excluding carboxylic acids is 2. The number of nitrogens with zero attached hydrogens (tertiary/aromatic N) is 2. The number of nitrogens with one attached hydrogen (secondary N) is 1. The van der Waals surface area contributed by atoms with E-state index in [2.05, 4.69) is 5.32 Å². The first-order chi connectivity index (χ1) is 8.63. The summed E-state index contributed by atoms with van der Waals surface area (Å²) in [4.78, 5) is 27.5. The van der Waals surface area contributed by atoms with Crippen LogP contribution in [0.15, 0.2) is 0 Å². The highest BCUT2D eigenvalue weighted by molar-refractivity contribution is 5.79. The summed E-state index contributed by atoms with van der Waals surface area (Å²) in [5.41, 5.74) is 0. The Balaban J connectivity index is 2.43. The van der Waals surface area contributed by atoms with Crippen LogP contribution in [0.4, 0.5) is 4.79 Å². The minimum absolute atomic E-state index is 0.0747. The van der Waals surface area contributed by atoms with Crippen LogP contribution in [0.2, 0.25) is 0 Å². The van der Waals surface area contributed by atoms with Crippen LogP contribution in [-0.2, 0) is 4.79 Å². The molecule has 0 bridgehead atoms. The maximum absolute atomic E-state index is 12.1. The van der Waals surface area contributed by atoms with Gasteiger partial charge in [-0.25, -0.2) is 4.79 Å². The molecule has 5 nitrogen and oxygen atoms in total. The molecule has 3 amide bonds. The lowest BCUT2D eigenvalue weighted by Crippen LogP contribution is -2.48. The van der Waals surface area contributed by atoms with Gasteiger partial charge >= 0.3 is 6.03 Å². The number of hydrogen-bond donors (Lipinski definition) is 1. The van der Waals surface area contributed by atoms with Crippen molar-refractivity contribution in [2.75, 3.05) is 32.7 Å². The first-order valence-corrected chi connectivity index (χ1v) is 6.95. The fraction of sp³-hybridized carbons (Fsp3) is 0.846. The van der Waals surface area contributed by atoms with E-state index in [-0.39, 0.29) is 17.9 Å². The Morgan fingerprint density at radius 1 is 1.17 bits per heavy atom. The Bertz CT molecular complexity index is 282. The average molecular weight is 255 g/mol. The van der Waals surface area contributed by atoms with Crippen LogP contribution in [0, 0.1) is 5.92 Å². The summed E-state index contributed by atoms with van der Waals surface area (Å²) in [6.07, 6.45) is 1.55. The number of amides is 3. The van der Waals surface area contributed by atoms with Crippen LogP contribution in [0.1, 0.15) is 33.6 Å². The topological polar surface area (TPSA) is 52.7 Å². The van der Waals surface area contributed by atoms with Crippen molar-refractivity contribution in [2.24, 2.45) is 5.92 Å². The van der Waals surface area contributed by atoms with Gasteiger partial charge in [0.05, 0.1) is 0 Å². The Labute approximate surface area is 110 Å². The summed E-state index contributed by atoms with van der Waals surface area (Å²) < 4.78 is 0. The monoisotopic (exact) mass is 255 g/mol. The molecule has 0 aromatic rings. The first-order valence-electron chi connectivity index (χ1n) is 6.95. The molecule has 0 aliphatic carbocycles. The fourth-order valence-electron chi connectivity index (χ4n) is 2.35. The quantitative estimate of drug-likeness (QED) is 0.823. The number of urea groups is 1. The molecule has 1 aliphatic heterocycles. The second-order valence-corrected chi connectivity index (χ2v) is 4.61. The van der Waals surface area contributed by atoms with E-state index in [1.807, 2.05) is 30.6 Å². The standard InChI is InChI=1S/C13H25N3O2/c1-4-14-12(17)11-7-9-16(10-8-11)13(18)15(5-2)6-3/h11H,4-10H2,1-3H3,(H,14,17). The molecule has 0 aromatic carbocycles. The van der Waals surface area contributed by atoms with Gasteiger partial charge in [-0.1, -0.05) is 0 Å². The molecule has 0 radical (unpaired) electrons. The molecule has 0 atom stereocenters. The van der Waals surface area contributed by atoms with E-state index in [0.717, 1.165) is 25.9 Å². The lowest BCUT2D eigenvalue weighted by molar-refractivity contribution is -0.126. The van der Waals surface area contributed by atoms with Gasteiger partial charge in [-0.3, -0.25) is 4.79 Å². The van der Waals surface area contributed by atoms with Crippen molar-refractivity contribution in [2.45, 2.75) is 33.6 Å². The highest BCUT2D eigenvalue weighted by Gasteiger charge is 2.28. The Morgan fingerprint density at radius 2 is 1.72 bits per heavy atom. The summed E-state index contributed by atoms with van der Waals surface area (Å²) in [7, 11) is 0. The third-order valence-corrected chi connectivity index (χ3v) is 3.52. The second kappa shape index (κ2) is 7.24. The predicted octanol–water partition coefficient (Wildman–Crippen LogP) is 1.30. The minimum Gasteiger partial charge on any atom is -0.356 e. The minimum atomic E-state index is 0.0747. The number of hydrogen-bond acceptors (Lipinski definition) is 2. The summed E-state index contributed by atoms with van der Waals surface area (Å²) >= 11 is 0. The van der Waals surface area contributed by atoms with Crippen molar-refractivity contribution >= 4 is 11.9 Å². The van der Waals surface area contributed by atoms with Crippen LogP contribution >= 0.6 is 0 Å². The summed E-state index contributed by atoms with van der Waals surface area (Å²) in [6.45, 7) is 9.45. The average Bonchev–Trinajstić information content (AvgIpc) is 2.40. The van der Waals surface area contributed by atoms with Crippen LogP contribution in [-0.4, -0.2) is 54.5 Å². The van der Waals surface area contributed by atoms with Crippen molar-refractivity contribution in [3.63, 3.8) is 0 Å². The van der Waals surface area contributed by atoms with Gasteiger partial charge < -0.3 is 15.1 Å². The largest absolute Gasteiger partial charge is 0.356 e. The molecule has 0 unspecified atom stereocenters. The Kier molecular flexibility index (Phi) is 5.95. The maximum Gasteiger partial charge on any atom is 0.319 e. The van der Waals surface area contributed by atoms with E-state index in [4.69, 9.17) is 0 Å². The number of piperidine rings is 1. The van der Waals surface area contributed by atoms with Crippen LogP contribution in [0.3, 0.4) is 0 Å². The molecule has 18 heavy (non-hydrogen) atoms. The van der Waals surface area contributed by atoms with E-state index in [1.165, 1.54) is 0 Å². The smallest absolute Gasteiger partial charge is 0.319 e.